The van der Waals surface area contributed by atoms with Crippen LogP contribution in [-0.4, -0.2) is 59.0 Å². The zero-order valence-corrected chi connectivity index (χ0v) is 16.1. The van der Waals surface area contributed by atoms with Gasteiger partial charge in [-0.15, -0.1) is 0 Å². The fourth-order valence-corrected chi connectivity index (χ4v) is 5.47. The Bertz CT molecular complexity index is 743. The highest BCUT2D eigenvalue weighted by Crippen LogP contribution is 2.42. The number of rotatable bonds is 5. The molecule has 0 N–H and O–H groups in total. The predicted molar refractivity (Wildman–Crippen MR) is 94.4 cm³/mol. The quantitative estimate of drug-likeness (QED) is 0.793. The van der Waals surface area contributed by atoms with Gasteiger partial charge in [-0.25, -0.2) is 8.42 Å². The van der Waals surface area contributed by atoms with E-state index in [2.05, 4.69) is 5.10 Å². The van der Waals surface area contributed by atoms with Crippen LogP contribution in [-0.2, 0) is 21.4 Å². The largest absolute Gasteiger partial charge is 0.340 e. The number of hydrogen-bond acceptors (Lipinski definition) is 4. The minimum Gasteiger partial charge on any atom is -0.340 e. The first-order valence-corrected chi connectivity index (χ1v) is 10.6. The maximum Gasteiger partial charge on any atom is 0.246 e. The van der Waals surface area contributed by atoms with Gasteiger partial charge in [0.05, 0.1) is 11.6 Å². The predicted octanol–water partition coefficient (Wildman–Crippen LogP) is 1.70. The smallest absolute Gasteiger partial charge is 0.246 e. The van der Waals surface area contributed by atoms with Gasteiger partial charge in [-0.05, 0) is 39.5 Å². The highest BCUT2D eigenvalue weighted by molar-refractivity contribution is 7.89. The molecule has 3 rings (SSSR count). The van der Waals surface area contributed by atoms with E-state index in [-0.39, 0.29) is 23.4 Å². The molecule has 7 nitrogen and oxygen atoms in total. The summed E-state index contributed by atoms with van der Waals surface area (Å²) in [5.74, 6) is 0.119. The number of aryl methyl sites for hydroxylation is 1. The van der Waals surface area contributed by atoms with Crippen molar-refractivity contribution in [1.82, 2.24) is 19.0 Å². The van der Waals surface area contributed by atoms with Gasteiger partial charge in [0, 0.05) is 38.4 Å². The van der Waals surface area contributed by atoms with E-state index in [0.29, 0.717) is 19.5 Å². The first-order valence-electron chi connectivity index (χ1n) is 9.14. The third kappa shape index (κ3) is 3.21. The summed E-state index contributed by atoms with van der Waals surface area (Å²) in [6.45, 7) is 8.21. The maximum atomic E-state index is 13.0. The van der Waals surface area contributed by atoms with Gasteiger partial charge in [-0.3, -0.25) is 9.48 Å². The number of sulfonamides is 1. The fraction of sp³-hybridized carbons (Fsp3) is 0.765. The summed E-state index contributed by atoms with van der Waals surface area (Å²) in [6, 6.07) is 0.155. The minimum atomic E-state index is -3.59. The normalized spacial score (nSPS) is 25.4. The highest BCUT2D eigenvalue weighted by atomic mass is 32.2. The molecular weight excluding hydrogens is 340 g/mol. The summed E-state index contributed by atoms with van der Waals surface area (Å²) in [7, 11) is -3.59. The van der Waals surface area contributed by atoms with Gasteiger partial charge in [-0.1, -0.05) is 6.92 Å². The van der Waals surface area contributed by atoms with Crippen molar-refractivity contribution in [1.29, 1.82) is 0 Å². The molecule has 25 heavy (non-hydrogen) atoms. The molecule has 8 heteroatoms. The van der Waals surface area contributed by atoms with E-state index in [1.807, 2.05) is 25.7 Å². The van der Waals surface area contributed by atoms with Gasteiger partial charge < -0.3 is 4.90 Å². The van der Waals surface area contributed by atoms with Crippen LogP contribution in [0.2, 0.25) is 0 Å². The Labute approximate surface area is 150 Å². The van der Waals surface area contributed by atoms with E-state index < -0.39 is 15.4 Å². The van der Waals surface area contributed by atoms with Crippen molar-refractivity contribution in [3.63, 3.8) is 0 Å². The lowest BCUT2D eigenvalue weighted by molar-refractivity contribution is -0.147. The van der Waals surface area contributed by atoms with Crippen LogP contribution in [0.15, 0.2) is 17.3 Å². The molecule has 1 spiro atoms. The highest BCUT2D eigenvalue weighted by Gasteiger charge is 2.51. The zero-order chi connectivity index (χ0) is 18.2. The molecule has 2 aliphatic rings. The van der Waals surface area contributed by atoms with Gasteiger partial charge in [-0.2, -0.15) is 9.40 Å². The Hall–Kier alpha value is -1.41. The van der Waals surface area contributed by atoms with Crippen LogP contribution in [0.5, 0.6) is 0 Å². The van der Waals surface area contributed by atoms with Crippen molar-refractivity contribution in [2.75, 3.05) is 19.6 Å². The van der Waals surface area contributed by atoms with E-state index in [4.69, 9.17) is 0 Å². The lowest BCUT2D eigenvalue weighted by Gasteiger charge is -2.41. The van der Waals surface area contributed by atoms with Crippen LogP contribution >= 0.6 is 0 Å². The van der Waals surface area contributed by atoms with Crippen LogP contribution < -0.4 is 0 Å². The van der Waals surface area contributed by atoms with Crippen molar-refractivity contribution in [2.45, 2.75) is 63.9 Å². The summed E-state index contributed by atoms with van der Waals surface area (Å²) in [5.41, 5.74) is -0.547. The number of piperidine rings is 1. The third-order valence-electron chi connectivity index (χ3n) is 5.41. The molecule has 2 aliphatic heterocycles. The number of carbonyl (C=O) groups excluding carboxylic acids is 1. The number of nitrogens with zero attached hydrogens (tertiary/aromatic N) is 4. The minimum absolute atomic E-state index is 0.119. The average Bonchev–Trinajstić information content (AvgIpc) is 3.19. The molecule has 0 radical (unpaired) electrons. The van der Waals surface area contributed by atoms with Crippen LogP contribution in [0.3, 0.4) is 0 Å². The number of aromatic nitrogens is 2. The fourth-order valence-electron chi connectivity index (χ4n) is 3.99. The first-order chi connectivity index (χ1) is 11.8. The summed E-state index contributed by atoms with van der Waals surface area (Å²) < 4.78 is 29.0. The molecule has 1 aromatic rings. The number of amides is 1. The molecule has 2 saturated heterocycles. The SMILES string of the molecule is CCCn1cc(S(=O)(=O)N2CCC3(CCCN(C(C)C)C3=O)C2)cn1. The Kier molecular flexibility index (Phi) is 4.94. The van der Waals surface area contributed by atoms with Gasteiger partial charge in [0.1, 0.15) is 4.90 Å². The Morgan fingerprint density at radius 2 is 2.04 bits per heavy atom. The Morgan fingerprint density at radius 1 is 1.28 bits per heavy atom. The summed E-state index contributed by atoms with van der Waals surface area (Å²) in [4.78, 5) is 15.1. The van der Waals surface area contributed by atoms with Gasteiger partial charge in [0.2, 0.25) is 15.9 Å². The molecule has 1 aromatic heterocycles. The van der Waals surface area contributed by atoms with Crippen LogP contribution in [0.1, 0.15) is 46.5 Å². The number of hydrogen-bond donors (Lipinski definition) is 0. The van der Waals surface area contributed by atoms with Crippen molar-refractivity contribution in [2.24, 2.45) is 5.41 Å². The zero-order valence-electron chi connectivity index (χ0n) is 15.3. The van der Waals surface area contributed by atoms with E-state index in [0.717, 1.165) is 25.8 Å². The molecule has 1 unspecified atom stereocenters. The van der Waals surface area contributed by atoms with Crippen molar-refractivity contribution >= 4 is 15.9 Å². The van der Waals surface area contributed by atoms with E-state index in [1.54, 1.807) is 10.9 Å². The molecule has 140 valence electrons. The summed E-state index contributed by atoms with van der Waals surface area (Å²) in [6.07, 6.45) is 6.22. The van der Waals surface area contributed by atoms with Crippen LogP contribution in [0.4, 0.5) is 0 Å². The second-order valence-electron chi connectivity index (χ2n) is 7.50. The van der Waals surface area contributed by atoms with E-state index >= 15 is 0 Å². The molecule has 3 heterocycles. The average molecular weight is 369 g/mol. The summed E-state index contributed by atoms with van der Waals surface area (Å²) in [5, 5.41) is 4.13. The monoisotopic (exact) mass is 368 g/mol. The second-order valence-corrected chi connectivity index (χ2v) is 9.44. The van der Waals surface area contributed by atoms with E-state index in [1.165, 1.54) is 10.5 Å². The first kappa shape index (κ1) is 18.4. The van der Waals surface area contributed by atoms with E-state index in [9.17, 15) is 13.2 Å². The molecule has 2 fully saturated rings. The lowest BCUT2D eigenvalue weighted by atomic mass is 9.78. The number of likely N-dealkylation sites (tertiary alicyclic amines) is 1. The molecule has 0 saturated carbocycles. The van der Waals surface area contributed by atoms with Gasteiger partial charge in [0.15, 0.2) is 0 Å². The van der Waals surface area contributed by atoms with Crippen molar-refractivity contribution < 1.29 is 13.2 Å². The van der Waals surface area contributed by atoms with Crippen molar-refractivity contribution in [3.8, 4) is 0 Å². The molecule has 0 aliphatic carbocycles. The van der Waals surface area contributed by atoms with Gasteiger partial charge in [0.25, 0.3) is 0 Å². The Morgan fingerprint density at radius 3 is 2.72 bits per heavy atom. The lowest BCUT2D eigenvalue weighted by Crippen LogP contribution is -2.52. The molecule has 1 atom stereocenters. The summed E-state index contributed by atoms with van der Waals surface area (Å²) >= 11 is 0. The van der Waals surface area contributed by atoms with Crippen LogP contribution in [0, 0.1) is 5.41 Å². The standard InChI is InChI=1S/C17H28N4O3S/c1-4-8-19-12-15(11-18-19)25(23,24)20-10-7-17(13-20)6-5-9-21(14(2)3)16(17)22/h11-12,14H,4-10,13H2,1-3H3. The molecular formula is C17H28N4O3S. The van der Waals surface area contributed by atoms with Crippen LogP contribution in [0.25, 0.3) is 0 Å². The topological polar surface area (TPSA) is 75.5 Å². The molecule has 0 bridgehead atoms. The van der Waals surface area contributed by atoms with Crippen molar-refractivity contribution in [3.05, 3.63) is 12.4 Å². The third-order valence-corrected chi connectivity index (χ3v) is 7.21. The molecule has 0 aromatic carbocycles. The van der Waals surface area contributed by atoms with Gasteiger partial charge >= 0.3 is 0 Å². The maximum absolute atomic E-state index is 13.0. The molecule has 1 amide bonds. The number of carbonyl (C=O) groups is 1. The Balaban J connectivity index is 1.80. The second kappa shape index (κ2) is 6.72.